The second-order valence-corrected chi connectivity index (χ2v) is 16.3. The van der Waals surface area contributed by atoms with E-state index in [1.54, 1.807) is 0 Å². The lowest BCUT2D eigenvalue weighted by atomic mass is 9.66. The number of hydrogen-bond acceptors (Lipinski definition) is 3. The lowest BCUT2D eigenvalue weighted by Gasteiger charge is -2.49. The largest absolute Gasteiger partial charge is 0.624 e. The number of piperidine rings is 1. The Bertz CT molecular complexity index is 587. The number of nitrogens with zero attached hydrogens (tertiary/aromatic N) is 2. The molecule has 1 amide bonds. The number of carbonyl (C=O) groups excluding carboxylic acids is 1. The van der Waals surface area contributed by atoms with Crippen LogP contribution in [0.3, 0.4) is 0 Å². The number of fused-ring (bicyclic) bond motifs is 1. The summed E-state index contributed by atoms with van der Waals surface area (Å²) < 4.78 is 6.97. The summed E-state index contributed by atoms with van der Waals surface area (Å²) in [6.45, 7) is 11.3. The molecule has 0 bridgehead atoms. The summed E-state index contributed by atoms with van der Waals surface area (Å²) in [6, 6.07) is 1.32. The van der Waals surface area contributed by atoms with Gasteiger partial charge in [-0.1, -0.05) is 26.6 Å². The Balaban J connectivity index is 1.65. The van der Waals surface area contributed by atoms with Crippen molar-refractivity contribution < 1.29 is 14.3 Å². The zero-order chi connectivity index (χ0) is 20.3. The summed E-state index contributed by atoms with van der Waals surface area (Å²) in [5, 5.41) is 12.3. The minimum atomic E-state index is -1.19. The Morgan fingerprint density at radius 2 is 2.04 bits per heavy atom. The van der Waals surface area contributed by atoms with Gasteiger partial charge >= 0.3 is 6.09 Å². The van der Waals surface area contributed by atoms with Gasteiger partial charge in [0.05, 0.1) is 6.61 Å². The van der Waals surface area contributed by atoms with Gasteiger partial charge in [-0.05, 0) is 55.9 Å². The average Bonchev–Trinajstić information content (AvgIpc) is 2.62. The molecule has 5 nitrogen and oxygen atoms in total. The molecular formula is C22H40N2O3Si. The Morgan fingerprint density at radius 1 is 1.25 bits per heavy atom. The van der Waals surface area contributed by atoms with Crippen molar-refractivity contribution in [1.82, 2.24) is 4.90 Å². The highest BCUT2D eigenvalue weighted by Gasteiger charge is 2.44. The Hall–Kier alpha value is -1.04. The molecule has 1 saturated heterocycles. The summed E-state index contributed by atoms with van der Waals surface area (Å²) >= 11 is 0. The molecule has 1 aliphatic carbocycles. The van der Waals surface area contributed by atoms with Crippen LogP contribution in [0.2, 0.25) is 25.7 Å². The molecule has 3 aliphatic rings. The molecule has 1 saturated carbocycles. The van der Waals surface area contributed by atoms with E-state index in [0.717, 1.165) is 56.8 Å². The second-order valence-electron chi connectivity index (χ2n) is 10.7. The van der Waals surface area contributed by atoms with E-state index in [1.807, 2.05) is 4.90 Å². The van der Waals surface area contributed by atoms with Gasteiger partial charge in [0.15, 0.2) is 12.3 Å². The van der Waals surface area contributed by atoms with Gasteiger partial charge in [0.25, 0.3) is 0 Å². The molecule has 0 aromatic carbocycles. The van der Waals surface area contributed by atoms with Crippen LogP contribution in [-0.4, -0.2) is 55.3 Å². The first-order valence-corrected chi connectivity index (χ1v) is 15.2. The van der Waals surface area contributed by atoms with E-state index in [2.05, 4.69) is 26.6 Å². The molecule has 2 heterocycles. The van der Waals surface area contributed by atoms with Crippen molar-refractivity contribution >= 4 is 19.9 Å². The number of carbonyl (C=O) groups is 1. The quantitative estimate of drug-likeness (QED) is 0.361. The van der Waals surface area contributed by atoms with Gasteiger partial charge in [-0.2, -0.15) is 0 Å². The van der Waals surface area contributed by atoms with Crippen LogP contribution in [0.4, 0.5) is 4.79 Å². The molecule has 28 heavy (non-hydrogen) atoms. The third kappa shape index (κ3) is 5.52. The first-order valence-electron chi connectivity index (χ1n) is 11.5. The standard InChI is InChI=1S/C22H40N2O3Si/c1-17-14-18(16-19-8-5-6-11-24(19)26)20-9-7-10-23(21(20)15-17)22(25)27-12-13-28(2,3)4/h17-18,20-21H,5-16H2,1-4H3/t17-,18-,20-,21-/m1/s1. The van der Waals surface area contributed by atoms with Crippen molar-refractivity contribution in [1.29, 1.82) is 0 Å². The van der Waals surface area contributed by atoms with Crippen LogP contribution >= 0.6 is 0 Å². The highest BCUT2D eigenvalue weighted by Crippen LogP contribution is 2.43. The molecule has 0 N–H and O–H groups in total. The summed E-state index contributed by atoms with van der Waals surface area (Å²) in [5.74, 6) is 1.67. The van der Waals surface area contributed by atoms with Crippen LogP contribution in [0, 0.1) is 23.0 Å². The van der Waals surface area contributed by atoms with Crippen molar-refractivity contribution in [3.05, 3.63) is 5.21 Å². The number of rotatable bonds is 5. The van der Waals surface area contributed by atoms with Gasteiger partial charge < -0.3 is 14.8 Å². The highest BCUT2D eigenvalue weighted by atomic mass is 28.3. The number of hydrogen-bond donors (Lipinski definition) is 0. The molecule has 2 aliphatic heterocycles. The number of ether oxygens (including phenoxy) is 1. The van der Waals surface area contributed by atoms with E-state index in [4.69, 9.17) is 4.74 Å². The SMILES string of the molecule is C[C@@H]1C[C@H](CC2=[N+]([O-])CCCC2)[C@H]2CCCN(C(=O)OCC[Si](C)(C)C)[C@@H]2C1. The van der Waals surface area contributed by atoms with Gasteiger partial charge in [-0.15, -0.1) is 0 Å². The molecule has 6 heteroatoms. The molecule has 3 rings (SSSR count). The maximum Gasteiger partial charge on any atom is 0.410 e. The minimum absolute atomic E-state index is 0.100. The number of likely N-dealkylation sites (tertiary alicyclic amines) is 1. The lowest BCUT2D eigenvalue weighted by molar-refractivity contribution is -0.465. The molecule has 0 unspecified atom stereocenters. The fraction of sp³-hybridized carbons (Fsp3) is 0.909. The lowest BCUT2D eigenvalue weighted by Crippen LogP contribution is -2.54. The highest BCUT2D eigenvalue weighted by molar-refractivity contribution is 6.76. The molecule has 0 aromatic heterocycles. The molecule has 2 fully saturated rings. The normalized spacial score (nSPS) is 31.5. The fourth-order valence-electron chi connectivity index (χ4n) is 5.50. The first kappa shape index (κ1) is 21.7. The van der Waals surface area contributed by atoms with E-state index in [-0.39, 0.29) is 6.09 Å². The Morgan fingerprint density at radius 3 is 2.75 bits per heavy atom. The maximum atomic E-state index is 12.8. The van der Waals surface area contributed by atoms with Crippen molar-refractivity contribution in [3.8, 4) is 0 Å². The summed E-state index contributed by atoms with van der Waals surface area (Å²) in [4.78, 5) is 14.9. The predicted molar refractivity (Wildman–Crippen MR) is 117 cm³/mol. The van der Waals surface area contributed by atoms with E-state index < -0.39 is 8.07 Å². The summed E-state index contributed by atoms with van der Waals surface area (Å²) in [6.07, 6.45) is 8.51. The van der Waals surface area contributed by atoms with Crippen molar-refractivity contribution in [3.63, 3.8) is 0 Å². The van der Waals surface area contributed by atoms with Gasteiger partial charge in [-0.25, -0.2) is 9.53 Å². The monoisotopic (exact) mass is 408 g/mol. The Labute approximate surface area is 172 Å². The van der Waals surface area contributed by atoms with E-state index in [1.165, 1.54) is 17.6 Å². The zero-order valence-electron chi connectivity index (χ0n) is 18.4. The van der Waals surface area contributed by atoms with Crippen LogP contribution in [-0.2, 0) is 4.74 Å². The van der Waals surface area contributed by atoms with Crippen LogP contribution in [0.15, 0.2) is 0 Å². The number of amides is 1. The van der Waals surface area contributed by atoms with Gasteiger partial charge in [0.2, 0.25) is 0 Å². The topological polar surface area (TPSA) is 55.6 Å². The van der Waals surface area contributed by atoms with Crippen molar-refractivity contribution in [2.24, 2.45) is 17.8 Å². The number of hydroxylamine groups is 1. The third-order valence-electron chi connectivity index (χ3n) is 7.02. The molecule has 0 radical (unpaired) electrons. The first-order chi connectivity index (χ1) is 13.2. The van der Waals surface area contributed by atoms with Gasteiger partial charge in [0, 0.05) is 39.9 Å². The summed E-state index contributed by atoms with van der Waals surface area (Å²) in [7, 11) is -1.19. The molecule has 4 atom stereocenters. The Kier molecular flexibility index (Phi) is 7.10. The van der Waals surface area contributed by atoms with E-state index >= 15 is 0 Å². The predicted octanol–water partition coefficient (Wildman–Crippen LogP) is 5.11. The minimum Gasteiger partial charge on any atom is -0.624 e. The van der Waals surface area contributed by atoms with E-state index in [9.17, 15) is 10.0 Å². The maximum absolute atomic E-state index is 12.8. The summed E-state index contributed by atoms with van der Waals surface area (Å²) in [5.41, 5.74) is 1.11. The molecule has 160 valence electrons. The third-order valence-corrected chi connectivity index (χ3v) is 8.73. The van der Waals surface area contributed by atoms with Crippen LogP contribution < -0.4 is 0 Å². The second kappa shape index (κ2) is 9.18. The van der Waals surface area contributed by atoms with Crippen LogP contribution in [0.5, 0.6) is 0 Å². The average molecular weight is 409 g/mol. The van der Waals surface area contributed by atoms with Crippen molar-refractivity contribution in [2.45, 2.75) is 90.0 Å². The van der Waals surface area contributed by atoms with E-state index in [0.29, 0.717) is 36.9 Å². The smallest absolute Gasteiger partial charge is 0.410 e. The van der Waals surface area contributed by atoms with Crippen molar-refractivity contribution in [2.75, 3.05) is 19.7 Å². The fourth-order valence-corrected chi connectivity index (χ4v) is 6.22. The van der Waals surface area contributed by atoms with Gasteiger partial charge in [-0.3, -0.25) is 0 Å². The molecule has 0 spiro atoms. The molecular weight excluding hydrogens is 368 g/mol. The molecule has 0 aromatic rings. The van der Waals surface area contributed by atoms with Crippen LogP contribution in [0.1, 0.15) is 58.3 Å². The van der Waals surface area contributed by atoms with Crippen LogP contribution in [0.25, 0.3) is 0 Å². The zero-order valence-corrected chi connectivity index (χ0v) is 19.4. The van der Waals surface area contributed by atoms with Gasteiger partial charge in [0.1, 0.15) is 0 Å².